The lowest BCUT2D eigenvalue weighted by Gasteiger charge is -2.22. The number of hydrogen-bond donors (Lipinski definition) is 0. The van der Waals surface area contributed by atoms with E-state index in [0.29, 0.717) is 19.6 Å². The summed E-state index contributed by atoms with van der Waals surface area (Å²) in [7, 11) is -0.362. The number of rotatable bonds is 10. The fourth-order valence-electron chi connectivity index (χ4n) is 1.26. The van der Waals surface area contributed by atoms with Crippen LogP contribution >= 0.6 is 50.7 Å². The van der Waals surface area contributed by atoms with Crippen LogP contribution < -0.4 is 0 Å². The van der Waals surface area contributed by atoms with Crippen molar-refractivity contribution in [1.29, 1.82) is 0 Å². The molecule has 1 atom stereocenters. The van der Waals surface area contributed by atoms with Crippen LogP contribution in [-0.4, -0.2) is 28.9 Å². The van der Waals surface area contributed by atoms with E-state index in [1.165, 1.54) is 0 Å². The van der Waals surface area contributed by atoms with Crippen LogP contribution in [0.2, 0.25) is 0 Å². The van der Waals surface area contributed by atoms with Gasteiger partial charge in [0.25, 0.3) is 0 Å². The van der Waals surface area contributed by atoms with E-state index in [-0.39, 0.29) is 11.8 Å². The van der Waals surface area contributed by atoms with E-state index < -0.39 is 3.79 Å². The van der Waals surface area contributed by atoms with Gasteiger partial charge in [0.15, 0.2) is 3.79 Å². The zero-order valence-electron chi connectivity index (χ0n) is 10.9. The molecule has 0 rings (SSSR count). The molecule has 0 N–H and O–H groups in total. The Morgan fingerprint density at radius 3 is 1.83 bits per heavy atom. The van der Waals surface area contributed by atoms with Crippen LogP contribution in [0.5, 0.6) is 0 Å². The molecule has 0 bridgehead atoms. The maximum Gasteiger partial charge on any atom is 0.471 e. The first-order valence-corrected chi connectivity index (χ1v) is 8.39. The van der Waals surface area contributed by atoms with Gasteiger partial charge >= 0.3 is 7.12 Å². The van der Waals surface area contributed by atoms with Crippen molar-refractivity contribution in [2.45, 2.75) is 54.5 Å². The molecule has 108 valence electrons. The SMILES string of the molecule is CCCCOB(OCCCC)C(Br)CC(Cl)(Cl)Cl. The lowest BCUT2D eigenvalue weighted by atomic mass is 9.82. The van der Waals surface area contributed by atoms with E-state index in [9.17, 15) is 0 Å². The fraction of sp³-hybridized carbons (Fsp3) is 1.00. The summed E-state index contributed by atoms with van der Waals surface area (Å²) in [6.45, 7) is 5.55. The molecule has 7 heteroatoms. The van der Waals surface area contributed by atoms with Crippen molar-refractivity contribution in [3.05, 3.63) is 0 Å². The van der Waals surface area contributed by atoms with Gasteiger partial charge in [-0.25, -0.2) is 0 Å². The van der Waals surface area contributed by atoms with Gasteiger partial charge in [0, 0.05) is 19.6 Å². The van der Waals surface area contributed by atoms with Crippen LogP contribution in [0.3, 0.4) is 0 Å². The van der Waals surface area contributed by atoms with Gasteiger partial charge in [-0.1, -0.05) is 77.4 Å². The monoisotopic (exact) mass is 380 g/mol. The molecular formula is C11H21BBrCl3O2. The molecule has 0 aliphatic rings. The molecule has 0 saturated carbocycles. The highest BCUT2D eigenvalue weighted by Gasteiger charge is 2.34. The average Bonchev–Trinajstić information content (AvgIpc) is 2.25. The highest BCUT2D eigenvalue weighted by molar-refractivity contribution is 9.10. The summed E-state index contributed by atoms with van der Waals surface area (Å²) in [5.74, 6) is 0. The van der Waals surface area contributed by atoms with Crippen molar-refractivity contribution in [1.82, 2.24) is 0 Å². The maximum absolute atomic E-state index is 5.78. The molecule has 0 aliphatic carbocycles. The summed E-state index contributed by atoms with van der Waals surface area (Å²) in [6, 6.07) is 0. The molecule has 0 aliphatic heterocycles. The van der Waals surface area contributed by atoms with E-state index in [1.807, 2.05) is 0 Å². The summed E-state index contributed by atoms with van der Waals surface area (Å²) >= 11 is 20.8. The first-order chi connectivity index (χ1) is 8.40. The molecule has 0 amide bonds. The Balaban J connectivity index is 4.15. The highest BCUT2D eigenvalue weighted by atomic mass is 79.9. The Kier molecular flexibility index (Phi) is 11.9. The average molecular weight is 382 g/mol. The summed E-state index contributed by atoms with van der Waals surface area (Å²) < 4.78 is 9.96. The summed E-state index contributed by atoms with van der Waals surface area (Å²) in [5, 5.41) is 0. The van der Waals surface area contributed by atoms with Crippen molar-refractivity contribution in [3.63, 3.8) is 0 Å². The Hall–Kier alpha value is 1.33. The number of alkyl halides is 4. The van der Waals surface area contributed by atoms with Gasteiger partial charge in [-0.15, -0.1) is 0 Å². The van der Waals surface area contributed by atoms with Gasteiger partial charge in [0.05, 0.1) is 4.73 Å². The van der Waals surface area contributed by atoms with Crippen molar-refractivity contribution >= 4 is 57.9 Å². The molecule has 0 saturated heterocycles. The number of hydrogen-bond acceptors (Lipinski definition) is 2. The molecule has 2 nitrogen and oxygen atoms in total. The van der Waals surface area contributed by atoms with Crippen molar-refractivity contribution in [3.8, 4) is 0 Å². The van der Waals surface area contributed by atoms with Crippen LogP contribution in [0.15, 0.2) is 0 Å². The molecule has 0 heterocycles. The second-order valence-electron chi connectivity index (χ2n) is 4.15. The van der Waals surface area contributed by atoms with E-state index in [1.54, 1.807) is 0 Å². The Bertz CT molecular complexity index is 195. The summed E-state index contributed by atoms with van der Waals surface area (Å²) in [4.78, 5) is 0. The standard InChI is InChI=1S/C11H21BBrCl3O2/c1-3-5-7-17-12(18-8-6-4-2)10(13)9-11(14,15)16/h10H,3-9H2,1-2H3. The van der Waals surface area contributed by atoms with Gasteiger partial charge in [0.1, 0.15) is 0 Å². The van der Waals surface area contributed by atoms with Crippen LogP contribution in [0, 0.1) is 0 Å². The van der Waals surface area contributed by atoms with E-state index >= 15 is 0 Å². The van der Waals surface area contributed by atoms with Gasteiger partial charge in [0.2, 0.25) is 0 Å². The third-order valence-electron chi connectivity index (χ3n) is 2.28. The largest absolute Gasteiger partial charge is 0.471 e. The minimum atomic E-state index is -1.30. The maximum atomic E-state index is 5.78. The van der Waals surface area contributed by atoms with Crippen molar-refractivity contribution < 1.29 is 9.31 Å². The third kappa shape index (κ3) is 11.2. The topological polar surface area (TPSA) is 18.5 Å². The van der Waals surface area contributed by atoms with Gasteiger partial charge in [-0.3, -0.25) is 0 Å². The molecule has 0 spiro atoms. The number of unbranched alkanes of at least 4 members (excludes halogenated alkanes) is 2. The lowest BCUT2D eigenvalue weighted by molar-refractivity contribution is 0.190. The van der Waals surface area contributed by atoms with E-state index in [0.717, 1.165) is 25.7 Å². The summed E-state index contributed by atoms with van der Waals surface area (Å²) in [6.07, 6.45) is 4.51. The lowest BCUT2D eigenvalue weighted by Crippen LogP contribution is -2.36. The van der Waals surface area contributed by atoms with Gasteiger partial charge in [-0.2, -0.15) is 0 Å². The molecular weight excluding hydrogens is 361 g/mol. The molecule has 0 aromatic carbocycles. The van der Waals surface area contributed by atoms with E-state index in [4.69, 9.17) is 44.1 Å². The van der Waals surface area contributed by atoms with Crippen LogP contribution in [0.4, 0.5) is 0 Å². The van der Waals surface area contributed by atoms with Crippen molar-refractivity contribution in [2.75, 3.05) is 13.2 Å². The van der Waals surface area contributed by atoms with Gasteiger partial charge in [-0.05, 0) is 12.8 Å². The zero-order chi connectivity index (χ0) is 14.0. The predicted octanol–water partition coefficient (Wildman–Crippen LogP) is 5.17. The second kappa shape index (κ2) is 11.0. The van der Waals surface area contributed by atoms with Crippen LogP contribution in [0.25, 0.3) is 0 Å². The highest BCUT2D eigenvalue weighted by Crippen LogP contribution is 2.34. The first kappa shape index (κ1) is 19.3. The minimum absolute atomic E-state index is 0.126. The quantitative estimate of drug-likeness (QED) is 0.295. The summed E-state index contributed by atoms with van der Waals surface area (Å²) in [5.41, 5.74) is 0. The molecule has 0 radical (unpaired) electrons. The Morgan fingerprint density at radius 2 is 1.50 bits per heavy atom. The molecule has 1 unspecified atom stereocenters. The van der Waals surface area contributed by atoms with Gasteiger partial charge < -0.3 is 9.31 Å². The first-order valence-electron chi connectivity index (χ1n) is 6.34. The molecule has 18 heavy (non-hydrogen) atoms. The zero-order valence-corrected chi connectivity index (χ0v) is 14.8. The van der Waals surface area contributed by atoms with Crippen molar-refractivity contribution in [2.24, 2.45) is 0 Å². The smallest absolute Gasteiger partial charge is 0.410 e. The molecule has 0 fully saturated rings. The molecule has 0 aromatic heterocycles. The molecule has 0 aromatic rings. The fourth-order valence-corrected chi connectivity index (χ4v) is 3.11. The predicted molar refractivity (Wildman–Crippen MR) is 85.1 cm³/mol. The van der Waals surface area contributed by atoms with E-state index in [2.05, 4.69) is 29.8 Å². The number of halogens is 4. The Morgan fingerprint density at radius 1 is 1.06 bits per heavy atom. The normalized spacial score (nSPS) is 13.7. The van der Waals surface area contributed by atoms with Crippen LogP contribution in [-0.2, 0) is 9.31 Å². The third-order valence-corrected chi connectivity index (χ3v) is 3.50. The Labute approximate surface area is 134 Å². The minimum Gasteiger partial charge on any atom is -0.410 e. The van der Waals surface area contributed by atoms with Crippen LogP contribution in [0.1, 0.15) is 46.0 Å². The second-order valence-corrected chi connectivity index (χ2v) is 7.84.